The van der Waals surface area contributed by atoms with Gasteiger partial charge in [-0.3, -0.25) is 4.79 Å². The van der Waals surface area contributed by atoms with E-state index in [1.807, 2.05) is 0 Å². The molecule has 2 rings (SSSR count). The maximum absolute atomic E-state index is 11.2. The third kappa shape index (κ3) is 1.79. The minimum Gasteiger partial charge on any atom is -0.381 e. The average Bonchev–Trinajstić information content (AvgIpc) is 2.59. The zero-order valence-corrected chi connectivity index (χ0v) is 9.81. The number of benzene rings is 1. The molecule has 0 spiro atoms. The van der Waals surface area contributed by atoms with Crippen molar-refractivity contribution in [3.8, 4) is 5.69 Å². The van der Waals surface area contributed by atoms with Crippen molar-refractivity contribution >= 4 is 27.7 Å². The number of aromatic nitrogens is 2. The third-order valence-corrected chi connectivity index (χ3v) is 2.72. The van der Waals surface area contributed by atoms with Crippen molar-refractivity contribution in [2.75, 3.05) is 5.73 Å². The van der Waals surface area contributed by atoms with Gasteiger partial charge in [0.1, 0.15) is 0 Å². The van der Waals surface area contributed by atoms with Crippen LogP contribution in [0.2, 0.25) is 0 Å². The number of nitrogens with zero attached hydrogens (tertiary/aromatic N) is 2. The number of anilines is 1. The van der Waals surface area contributed by atoms with Crippen molar-refractivity contribution in [3.05, 3.63) is 40.5 Å². The van der Waals surface area contributed by atoms with Crippen molar-refractivity contribution in [1.82, 2.24) is 9.78 Å². The summed E-state index contributed by atoms with van der Waals surface area (Å²) in [6.45, 7) is 0. The minimum absolute atomic E-state index is 0.360. The number of carbonyl (C=O) groups excluding carboxylic acids is 1. The van der Waals surface area contributed by atoms with Crippen molar-refractivity contribution in [2.24, 2.45) is 5.73 Å². The number of hydrogen-bond donors (Lipinski definition) is 2. The van der Waals surface area contributed by atoms with Crippen LogP contribution in [0, 0.1) is 0 Å². The number of nitrogens with two attached hydrogens (primary N) is 2. The van der Waals surface area contributed by atoms with Crippen molar-refractivity contribution in [3.63, 3.8) is 0 Å². The average molecular weight is 281 g/mol. The molecular weight excluding hydrogens is 272 g/mol. The number of halogens is 1. The fourth-order valence-electron chi connectivity index (χ4n) is 1.37. The van der Waals surface area contributed by atoms with E-state index in [0.29, 0.717) is 21.5 Å². The summed E-state index contributed by atoms with van der Waals surface area (Å²) in [6, 6.07) is 6.93. The molecule has 2 aromatic rings. The van der Waals surface area contributed by atoms with Gasteiger partial charge < -0.3 is 11.5 Å². The van der Waals surface area contributed by atoms with E-state index in [0.717, 1.165) is 0 Å². The largest absolute Gasteiger partial charge is 0.381 e. The Kier molecular flexibility index (Phi) is 2.66. The molecule has 0 bridgehead atoms. The van der Waals surface area contributed by atoms with Crippen molar-refractivity contribution in [1.29, 1.82) is 0 Å². The number of carbonyl (C=O) groups is 1. The Morgan fingerprint density at radius 3 is 2.62 bits per heavy atom. The van der Waals surface area contributed by atoms with Gasteiger partial charge in [-0.25, -0.2) is 4.68 Å². The Morgan fingerprint density at radius 2 is 2.06 bits per heavy atom. The Labute approximate surface area is 100 Å². The first-order valence-corrected chi connectivity index (χ1v) is 5.28. The first-order chi connectivity index (χ1) is 7.59. The van der Waals surface area contributed by atoms with Gasteiger partial charge in [0.15, 0.2) is 5.82 Å². The van der Waals surface area contributed by atoms with Gasteiger partial charge in [-0.2, -0.15) is 0 Å². The molecule has 1 aromatic heterocycles. The molecule has 1 heterocycles. The number of nitrogen functional groups attached to an aromatic ring is 1. The molecule has 0 unspecified atom stereocenters. The van der Waals surface area contributed by atoms with Crippen molar-refractivity contribution < 1.29 is 4.79 Å². The Bertz CT molecular complexity index is 530. The van der Waals surface area contributed by atoms with E-state index in [2.05, 4.69) is 21.0 Å². The van der Waals surface area contributed by atoms with E-state index in [9.17, 15) is 4.79 Å². The number of primary amides is 1. The first-order valence-electron chi connectivity index (χ1n) is 4.49. The highest BCUT2D eigenvalue weighted by Gasteiger charge is 2.11. The van der Waals surface area contributed by atoms with E-state index in [-0.39, 0.29) is 0 Å². The van der Waals surface area contributed by atoms with E-state index in [1.54, 1.807) is 30.5 Å². The third-order valence-electron chi connectivity index (χ3n) is 2.11. The lowest BCUT2D eigenvalue weighted by atomic mass is 10.2. The zero-order chi connectivity index (χ0) is 11.7. The van der Waals surface area contributed by atoms with Crippen molar-refractivity contribution in [2.45, 2.75) is 0 Å². The highest BCUT2D eigenvalue weighted by atomic mass is 79.9. The predicted molar refractivity (Wildman–Crippen MR) is 64.2 cm³/mol. The molecule has 16 heavy (non-hydrogen) atoms. The van der Waals surface area contributed by atoms with Crippen LogP contribution >= 0.6 is 15.9 Å². The van der Waals surface area contributed by atoms with Crippen LogP contribution in [0.15, 0.2) is 34.9 Å². The molecule has 1 aromatic carbocycles. The number of para-hydroxylation sites is 1. The van der Waals surface area contributed by atoms with Crippen LogP contribution in [-0.4, -0.2) is 15.7 Å². The van der Waals surface area contributed by atoms with Gasteiger partial charge in [0.2, 0.25) is 0 Å². The quantitative estimate of drug-likeness (QED) is 0.870. The van der Waals surface area contributed by atoms with E-state index in [4.69, 9.17) is 11.5 Å². The van der Waals surface area contributed by atoms with Gasteiger partial charge in [0.05, 0.1) is 15.7 Å². The summed E-state index contributed by atoms with van der Waals surface area (Å²) >= 11 is 3.25. The molecule has 0 fully saturated rings. The molecular formula is C10H9BrN4O. The highest BCUT2D eigenvalue weighted by Crippen LogP contribution is 2.21. The second kappa shape index (κ2) is 3.97. The predicted octanol–water partition coefficient (Wildman–Crippen LogP) is 1.32. The first kappa shape index (κ1) is 10.7. The molecule has 6 heteroatoms. The minimum atomic E-state index is -0.499. The fraction of sp³-hybridized carbons (Fsp3) is 0. The van der Waals surface area contributed by atoms with Gasteiger partial charge in [-0.1, -0.05) is 12.1 Å². The molecule has 0 aliphatic heterocycles. The Morgan fingerprint density at radius 1 is 1.38 bits per heavy atom. The van der Waals surface area contributed by atoms with E-state index >= 15 is 0 Å². The molecule has 5 nitrogen and oxygen atoms in total. The molecule has 0 aliphatic carbocycles. The lowest BCUT2D eigenvalue weighted by Crippen LogP contribution is -2.14. The molecule has 0 aliphatic rings. The summed E-state index contributed by atoms with van der Waals surface area (Å²) in [5, 5.41) is 4.06. The van der Waals surface area contributed by atoms with Gasteiger partial charge in [-0.15, -0.1) is 5.10 Å². The van der Waals surface area contributed by atoms with Crippen LogP contribution < -0.4 is 11.5 Å². The van der Waals surface area contributed by atoms with Crippen LogP contribution in [0.1, 0.15) is 10.4 Å². The summed E-state index contributed by atoms with van der Waals surface area (Å²) in [6.07, 6.45) is 1.68. The molecule has 4 N–H and O–H groups in total. The molecule has 0 saturated carbocycles. The molecule has 82 valence electrons. The molecule has 0 radical (unpaired) electrons. The van der Waals surface area contributed by atoms with Crippen LogP contribution in [0.4, 0.5) is 5.82 Å². The summed E-state index contributed by atoms with van der Waals surface area (Å²) in [4.78, 5) is 11.2. The summed E-state index contributed by atoms with van der Waals surface area (Å²) < 4.78 is 2.19. The summed E-state index contributed by atoms with van der Waals surface area (Å²) in [5.41, 5.74) is 11.9. The molecule has 1 amide bonds. The van der Waals surface area contributed by atoms with Crippen LogP contribution in [0.25, 0.3) is 5.69 Å². The summed E-state index contributed by atoms with van der Waals surface area (Å²) in [7, 11) is 0. The normalized spacial score (nSPS) is 10.3. The standard InChI is InChI=1S/C10H9BrN4O/c11-7-5-15(14-9(7)12)8-4-2-1-3-6(8)10(13)16/h1-5H,(H2,12,14)(H2,13,16). The topological polar surface area (TPSA) is 86.9 Å². The van der Waals surface area contributed by atoms with Gasteiger partial charge >= 0.3 is 0 Å². The van der Waals surface area contributed by atoms with Gasteiger partial charge in [0, 0.05) is 6.20 Å². The lowest BCUT2D eigenvalue weighted by Gasteiger charge is -2.05. The van der Waals surface area contributed by atoms with E-state index < -0.39 is 5.91 Å². The maximum Gasteiger partial charge on any atom is 0.250 e. The number of amides is 1. The zero-order valence-electron chi connectivity index (χ0n) is 8.22. The Balaban J connectivity index is 2.59. The lowest BCUT2D eigenvalue weighted by molar-refractivity contribution is 0.1000. The SMILES string of the molecule is NC(=O)c1ccccc1-n1cc(Br)c(N)n1. The second-order valence-corrected chi connectivity index (χ2v) is 4.04. The number of rotatable bonds is 2. The van der Waals surface area contributed by atoms with Crippen LogP contribution in [0.3, 0.4) is 0 Å². The highest BCUT2D eigenvalue weighted by molar-refractivity contribution is 9.10. The van der Waals surface area contributed by atoms with E-state index in [1.165, 1.54) is 4.68 Å². The fourth-order valence-corrected chi connectivity index (χ4v) is 1.64. The number of hydrogen-bond acceptors (Lipinski definition) is 3. The molecule has 0 saturated heterocycles. The molecule has 0 atom stereocenters. The summed E-state index contributed by atoms with van der Waals surface area (Å²) in [5.74, 6) is -0.139. The smallest absolute Gasteiger partial charge is 0.250 e. The van der Waals surface area contributed by atoms with Gasteiger partial charge in [0.25, 0.3) is 5.91 Å². The second-order valence-electron chi connectivity index (χ2n) is 3.19. The van der Waals surface area contributed by atoms with Gasteiger partial charge in [-0.05, 0) is 28.1 Å². The maximum atomic E-state index is 11.2. The van der Waals surface area contributed by atoms with Crippen LogP contribution in [-0.2, 0) is 0 Å². The van der Waals surface area contributed by atoms with Crippen LogP contribution in [0.5, 0.6) is 0 Å². The monoisotopic (exact) mass is 280 g/mol. The Hall–Kier alpha value is -1.82.